The van der Waals surface area contributed by atoms with Crippen molar-refractivity contribution in [2.45, 2.75) is 72.4 Å². The van der Waals surface area contributed by atoms with Gasteiger partial charge in [0.25, 0.3) is 0 Å². The lowest BCUT2D eigenvalue weighted by Crippen LogP contribution is -2.12. The van der Waals surface area contributed by atoms with E-state index in [1.165, 1.54) is 12.8 Å². The topological polar surface area (TPSA) is 0 Å². The van der Waals surface area contributed by atoms with E-state index < -0.39 is 6.17 Å². The molecule has 0 nitrogen and oxygen atoms in total. The van der Waals surface area contributed by atoms with E-state index in [0.717, 1.165) is 25.7 Å². The van der Waals surface area contributed by atoms with Crippen molar-refractivity contribution in [3.63, 3.8) is 0 Å². The summed E-state index contributed by atoms with van der Waals surface area (Å²) in [6.07, 6.45) is 5.60. The lowest BCUT2D eigenvalue weighted by atomic mass is 9.90. The third-order valence-corrected chi connectivity index (χ3v) is 3.22. The van der Waals surface area contributed by atoms with Gasteiger partial charge in [0.2, 0.25) is 0 Å². The molecular formula is C13H27F. The fraction of sp³-hybridized carbons (Fsp3) is 1.00. The molecule has 0 rings (SSSR count). The number of hydrogen-bond donors (Lipinski definition) is 0. The van der Waals surface area contributed by atoms with Crippen LogP contribution >= 0.6 is 0 Å². The van der Waals surface area contributed by atoms with Crippen molar-refractivity contribution < 1.29 is 4.39 Å². The van der Waals surface area contributed by atoms with E-state index in [1.54, 1.807) is 0 Å². The number of rotatable bonds is 8. The van der Waals surface area contributed by atoms with Crippen molar-refractivity contribution >= 4 is 0 Å². The van der Waals surface area contributed by atoms with Gasteiger partial charge in [0.1, 0.15) is 6.17 Å². The minimum atomic E-state index is -0.568. The maximum absolute atomic E-state index is 13.6. The highest BCUT2D eigenvalue weighted by atomic mass is 19.1. The second-order valence-corrected chi connectivity index (χ2v) is 4.65. The summed E-state index contributed by atoms with van der Waals surface area (Å²) in [6, 6.07) is 0. The van der Waals surface area contributed by atoms with Crippen LogP contribution in [0.5, 0.6) is 0 Å². The molecule has 0 saturated carbocycles. The van der Waals surface area contributed by atoms with E-state index in [1.807, 2.05) is 0 Å². The van der Waals surface area contributed by atoms with Gasteiger partial charge in [-0.15, -0.1) is 0 Å². The van der Waals surface area contributed by atoms with E-state index in [-0.39, 0.29) is 0 Å². The summed E-state index contributed by atoms with van der Waals surface area (Å²) in [5, 5.41) is 0. The van der Waals surface area contributed by atoms with Crippen molar-refractivity contribution in [2.24, 2.45) is 11.8 Å². The molecule has 1 heteroatoms. The summed E-state index contributed by atoms with van der Waals surface area (Å²) in [6.45, 7) is 8.65. The first kappa shape index (κ1) is 13.9. The molecule has 0 N–H and O–H groups in total. The monoisotopic (exact) mass is 202 g/mol. The molecule has 0 heterocycles. The molecule has 0 aromatic rings. The smallest absolute Gasteiger partial charge is 0.101 e. The standard InChI is InChI=1S/C13H27F/c1-5-8-12(7-3)10-13(14)9-11(4)6-2/h11-13H,5-10H2,1-4H3/t11?,12?,13-/m1/s1. The van der Waals surface area contributed by atoms with Gasteiger partial charge in [-0.2, -0.15) is 0 Å². The first-order valence-electron chi connectivity index (χ1n) is 6.27. The molecule has 0 bridgehead atoms. The average molecular weight is 202 g/mol. The molecule has 2 unspecified atom stereocenters. The van der Waals surface area contributed by atoms with E-state index in [2.05, 4.69) is 27.7 Å². The molecule has 0 aliphatic rings. The van der Waals surface area contributed by atoms with Crippen LogP contribution < -0.4 is 0 Å². The van der Waals surface area contributed by atoms with Crippen molar-refractivity contribution in [1.29, 1.82) is 0 Å². The van der Waals surface area contributed by atoms with Gasteiger partial charge in [-0.1, -0.05) is 53.4 Å². The Morgan fingerprint density at radius 2 is 1.64 bits per heavy atom. The van der Waals surface area contributed by atoms with E-state index in [4.69, 9.17) is 0 Å². The van der Waals surface area contributed by atoms with Crippen molar-refractivity contribution in [1.82, 2.24) is 0 Å². The van der Waals surface area contributed by atoms with Gasteiger partial charge in [0.05, 0.1) is 0 Å². The van der Waals surface area contributed by atoms with Crippen LogP contribution in [-0.2, 0) is 0 Å². The minimum Gasteiger partial charge on any atom is -0.247 e. The lowest BCUT2D eigenvalue weighted by Gasteiger charge is -2.18. The Kier molecular flexibility index (Phi) is 8.21. The summed E-state index contributed by atoms with van der Waals surface area (Å²) >= 11 is 0. The summed E-state index contributed by atoms with van der Waals surface area (Å²) in [7, 11) is 0. The molecule has 0 radical (unpaired) electrons. The molecule has 86 valence electrons. The van der Waals surface area contributed by atoms with Gasteiger partial charge >= 0.3 is 0 Å². The van der Waals surface area contributed by atoms with Crippen LogP contribution in [0.3, 0.4) is 0 Å². The summed E-state index contributed by atoms with van der Waals surface area (Å²) in [5.41, 5.74) is 0. The quantitative estimate of drug-likeness (QED) is 0.521. The maximum Gasteiger partial charge on any atom is 0.101 e. The van der Waals surface area contributed by atoms with Crippen LogP contribution in [0.2, 0.25) is 0 Å². The Bertz CT molecular complexity index is 122. The number of halogens is 1. The number of hydrogen-bond acceptors (Lipinski definition) is 0. The Morgan fingerprint density at radius 1 is 1.00 bits per heavy atom. The zero-order chi connectivity index (χ0) is 11.0. The highest BCUT2D eigenvalue weighted by Crippen LogP contribution is 2.23. The van der Waals surface area contributed by atoms with Crippen LogP contribution in [0.4, 0.5) is 4.39 Å². The van der Waals surface area contributed by atoms with Gasteiger partial charge < -0.3 is 0 Å². The second-order valence-electron chi connectivity index (χ2n) is 4.65. The fourth-order valence-corrected chi connectivity index (χ4v) is 1.96. The van der Waals surface area contributed by atoms with Gasteiger partial charge in [-0.25, -0.2) is 4.39 Å². The van der Waals surface area contributed by atoms with Crippen molar-refractivity contribution in [3.8, 4) is 0 Å². The molecule has 0 aliphatic carbocycles. The van der Waals surface area contributed by atoms with Crippen LogP contribution in [0.1, 0.15) is 66.2 Å². The molecule has 0 fully saturated rings. The normalized spacial score (nSPS) is 17.8. The Morgan fingerprint density at radius 3 is 2.07 bits per heavy atom. The van der Waals surface area contributed by atoms with Gasteiger partial charge in [0.15, 0.2) is 0 Å². The zero-order valence-electron chi connectivity index (χ0n) is 10.4. The molecule has 0 amide bonds. The van der Waals surface area contributed by atoms with E-state index in [9.17, 15) is 4.39 Å². The molecule has 0 aromatic heterocycles. The maximum atomic E-state index is 13.6. The largest absolute Gasteiger partial charge is 0.247 e. The summed E-state index contributed by atoms with van der Waals surface area (Å²) < 4.78 is 13.6. The van der Waals surface area contributed by atoms with Crippen LogP contribution in [0.25, 0.3) is 0 Å². The SMILES string of the molecule is CCCC(CC)C[C@H](F)CC(C)CC. The molecule has 0 aliphatic heterocycles. The molecular weight excluding hydrogens is 175 g/mol. The van der Waals surface area contributed by atoms with E-state index >= 15 is 0 Å². The lowest BCUT2D eigenvalue weighted by molar-refractivity contribution is 0.216. The fourth-order valence-electron chi connectivity index (χ4n) is 1.96. The molecule has 0 spiro atoms. The van der Waals surface area contributed by atoms with Crippen molar-refractivity contribution in [3.05, 3.63) is 0 Å². The Balaban J connectivity index is 3.71. The third kappa shape index (κ3) is 6.39. The predicted molar refractivity (Wildman–Crippen MR) is 62.3 cm³/mol. The minimum absolute atomic E-state index is 0.545. The zero-order valence-corrected chi connectivity index (χ0v) is 10.4. The van der Waals surface area contributed by atoms with Crippen LogP contribution in [0, 0.1) is 11.8 Å². The predicted octanol–water partition coefficient (Wildman–Crippen LogP) is 4.98. The van der Waals surface area contributed by atoms with E-state index in [0.29, 0.717) is 11.8 Å². The van der Waals surface area contributed by atoms with Crippen molar-refractivity contribution in [2.75, 3.05) is 0 Å². The molecule has 14 heavy (non-hydrogen) atoms. The van der Waals surface area contributed by atoms with Gasteiger partial charge in [-0.05, 0) is 24.7 Å². The average Bonchev–Trinajstić information content (AvgIpc) is 2.16. The van der Waals surface area contributed by atoms with Gasteiger partial charge in [0, 0.05) is 0 Å². The van der Waals surface area contributed by atoms with Crippen LogP contribution in [-0.4, -0.2) is 6.17 Å². The first-order valence-corrected chi connectivity index (χ1v) is 6.27. The van der Waals surface area contributed by atoms with Gasteiger partial charge in [-0.3, -0.25) is 0 Å². The summed E-state index contributed by atoms with van der Waals surface area (Å²) in [4.78, 5) is 0. The molecule has 0 aromatic carbocycles. The Labute approximate surface area is 89.3 Å². The van der Waals surface area contributed by atoms with Crippen LogP contribution in [0.15, 0.2) is 0 Å². The second kappa shape index (κ2) is 8.26. The Hall–Kier alpha value is -0.0700. The molecule has 0 saturated heterocycles. The highest BCUT2D eigenvalue weighted by molar-refractivity contribution is 4.66. The highest BCUT2D eigenvalue weighted by Gasteiger charge is 2.15. The number of alkyl halides is 1. The third-order valence-electron chi connectivity index (χ3n) is 3.22. The first-order chi connectivity index (χ1) is 6.63. The molecule has 3 atom stereocenters. The summed E-state index contributed by atoms with van der Waals surface area (Å²) in [5.74, 6) is 1.16.